The van der Waals surface area contributed by atoms with E-state index in [1.54, 1.807) is 0 Å². The monoisotopic (exact) mass is 444 g/mol. The molecule has 2 aromatic carbocycles. The molecule has 0 aliphatic rings. The summed E-state index contributed by atoms with van der Waals surface area (Å²) in [6.07, 6.45) is -4.01. The van der Waals surface area contributed by atoms with Crippen molar-refractivity contribution in [1.82, 2.24) is 14.6 Å². The van der Waals surface area contributed by atoms with Crippen molar-refractivity contribution in [3.8, 4) is 0 Å². The molecule has 160 valence electrons. The molecule has 1 atom stereocenters. The van der Waals surface area contributed by atoms with Crippen molar-refractivity contribution >= 4 is 39.9 Å². The molecule has 9 heteroatoms. The van der Waals surface area contributed by atoms with Crippen LogP contribution in [0.25, 0.3) is 16.6 Å². The smallest absolute Gasteiger partial charge is 0.325 e. The molecule has 4 rings (SSSR count). The van der Waals surface area contributed by atoms with Gasteiger partial charge in [0.15, 0.2) is 10.8 Å². The average molecular weight is 444 g/mol. The lowest BCUT2D eigenvalue weighted by Crippen LogP contribution is -2.25. The number of benzene rings is 2. The van der Waals surface area contributed by atoms with Crippen molar-refractivity contribution in [3.05, 3.63) is 65.7 Å². The molecule has 4 aromatic rings. The zero-order valence-electron chi connectivity index (χ0n) is 16.8. The Morgan fingerprint density at radius 1 is 1.13 bits per heavy atom. The summed E-state index contributed by atoms with van der Waals surface area (Å²) in [4.78, 5) is 12.8. The minimum absolute atomic E-state index is 0.103. The van der Waals surface area contributed by atoms with E-state index in [2.05, 4.69) is 15.5 Å². The van der Waals surface area contributed by atoms with Crippen LogP contribution in [0, 0.1) is 6.92 Å². The zero-order chi connectivity index (χ0) is 22.2. The van der Waals surface area contributed by atoms with Crippen molar-refractivity contribution in [3.63, 3.8) is 0 Å². The number of halogens is 3. The Morgan fingerprint density at radius 3 is 2.65 bits per heavy atom. The van der Waals surface area contributed by atoms with Gasteiger partial charge in [-0.2, -0.15) is 13.2 Å². The number of carbonyl (C=O) groups is 1. The number of fused-ring (bicyclic) bond motifs is 3. The molecule has 0 bridgehead atoms. The number of anilines is 1. The van der Waals surface area contributed by atoms with Crippen molar-refractivity contribution in [2.75, 3.05) is 5.32 Å². The van der Waals surface area contributed by atoms with E-state index in [-0.39, 0.29) is 11.6 Å². The molecule has 1 unspecified atom stereocenters. The second-order valence-corrected chi connectivity index (χ2v) is 8.27. The van der Waals surface area contributed by atoms with Crippen LogP contribution in [0.5, 0.6) is 0 Å². The quantitative estimate of drug-likeness (QED) is 0.400. The number of pyridine rings is 1. The summed E-state index contributed by atoms with van der Waals surface area (Å²) in [5, 5.41) is 12.1. The highest BCUT2D eigenvalue weighted by Crippen LogP contribution is 2.32. The van der Waals surface area contributed by atoms with E-state index in [1.807, 2.05) is 48.6 Å². The number of carbonyl (C=O) groups excluding carboxylic acids is 1. The second-order valence-electron chi connectivity index (χ2n) is 7.10. The number of aromatic nitrogens is 3. The number of hydrogen-bond donors (Lipinski definition) is 1. The third-order valence-electron chi connectivity index (χ3n) is 4.94. The van der Waals surface area contributed by atoms with Gasteiger partial charge in [0, 0.05) is 11.1 Å². The number of aryl methyl sites for hydroxylation is 1. The van der Waals surface area contributed by atoms with Gasteiger partial charge in [0.1, 0.15) is 0 Å². The van der Waals surface area contributed by atoms with Gasteiger partial charge in [-0.05, 0) is 49.2 Å². The maximum atomic E-state index is 13.0. The summed E-state index contributed by atoms with van der Waals surface area (Å²) in [6, 6.07) is 14.4. The zero-order valence-corrected chi connectivity index (χ0v) is 17.6. The molecule has 31 heavy (non-hydrogen) atoms. The first-order valence-electron chi connectivity index (χ1n) is 9.66. The van der Waals surface area contributed by atoms with Crippen molar-refractivity contribution in [1.29, 1.82) is 0 Å². The van der Waals surface area contributed by atoms with Crippen LogP contribution in [0.3, 0.4) is 0 Å². The highest BCUT2D eigenvalue weighted by atomic mass is 32.2. The van der Waals surface area contributed by atoms with Gasteiger partial charge in [-0.25, -0.2) is 0 Å². The fourth-order valence-corrected chi connectivity index (χ4v) is 4.37. The third kappa shape index (κ3) is 4.23. The summed E-state index contributed by atoms with van der Waals surface area (Å²) in [5.41, 5.74) is 1.97. The van der Waals surface area contributed by atoms with Gasteiger partial charge in [-0.1, -0.05) is 43.0 Å². The SMILES string of the molecule is CCC(Sc1nnc2cc(C)c3ccccc3n12)C(=O)Nc1cccc(C(F)(F)F)c1. The van der Waals surface area contributed by atoms with Gasteiger partial charge in [0.25, 0.3) is 0 Å². The first-order chi connectivity index (χ1) is 14.8. The molecular weight excluding hydrogens is 425 g/mol. The normalized spacial score (nSPS) is 12.9. The number of rotatable bonds is 5. The summed E-state index contributed by atoms with van der Waals surface area (Å²) < 4.78 is 40.8. The Bertz CT molecular complexity index is 1270. The summed E-state index contributed by atoms with van der Waals surface area (Å²) >= 11 is 1.24. The van der Waals surface area contributed by atoms with Crippen molar-refractivity contribution in [2.45, 2.75) is 36.9 Å². The van der Waals surface area contributed by atoms with Crippen LogP contribution in [-0.4, -0.2) is 25.8 Å². The lowest BCUT2D eigenvalue weighted by Gasteiger charge is -2.15. The number of nitrogens with zero attached hydrogens (tertiary/aromatic N) is 3. The largest absolute Gasteiger partial charge is 0.416 e. The number of amides is 1. The molecular formula is C22H19F3N4OS. The molecule has 0 radical (unpaired) electrons. The average Bonchev–Trinajstić information content (AvgIpc) is 3.14. The van der Waals surface area contributed by atoms with Gasteiger partial charge >= 0.3 is 6.18 Å². The summed E-state index contributed by atoms with van der Waals surface area (Å²) in [5.74, 6) is -0.389. The minimum Gasteiger partial charge on any atom is -0.325 e. The van der Waals surface area contributed by atoms with Gasteiger partial charge < -0.3 is 5.32 Å². The molecule has 5 nitrogen and oxygen atoms in total. The molecule has 0 saturated carbocycles. The van der Waals surface area contributed by atoms with E-state index >= 15 is 0 Å². The topological polar surface area (TPSA) is 59.3 Å². The molecule has 0 saturated heterocycles. The van der Waals surface area contributed by atoms with E-state index in [0.717, 1.165) is 28.6 Å². The van der Waals surface area contributed by atoms with Crippen LogP contribution >= 0.6 is 11.8 Å². The highest BCUT2D eigenvalue weighted by molar-refractivity contribution is 8.00. The van der Waals surface area contributed by atoms with Crippen LogP contribution in [0.4, 0.5) is 18.9 Å². The first kappa shape index (κ1) is 21.2. The number of hydrogen-bond acceptors (Lipinski definition) is 4. The van der Waals surface area contributed by atoms with E-state index in [9.17, 15) is 18.0 Å². The van der Waals surface area contributed by atoms with E-state index in [4.69, 9.17) is 0 Å². The molecule has 1 amide bonds. The highest BCUT2D eigenvalue weighted by Gasteiger charge is 2.31. The maximum absolute atomic E-state index is 13.0. The van der Waals surface area contributed by atoms with E-state index in [0.29, 0.717) is 17.2 Å². The van der Waals surface area contributed by atoms with E-state index in [1.165, 1.54) is 23.9 Å². The van der Waals surface area contributed by atoms with Gasteiger partial charge in [0.2, 0.25) is 5.91 Å². The van der Waals surface area contributed by atoms with Crippen LogP contribution in [-0.2, 0) is 11.0 Å². The maximum Gasteiger partial charge on any atom is 0.416 e. The molecule has 0 aliphatic heterocycles. The van der Waals surface area contributed by atoms with Crippen LogP contribution < -0.4 is 5.32 Å². The Morgan fingerprint density at radius 2 is 1.90 bits per heavy atom. The number of alkyl halides is 3. The number of thioether (sulfide) groups is 1. The van der Waals surface area contributed by atoms with Gasteiger partial charge in [-0.15, -0.1) is 10.2 Å². The molecule has 2 heterocycles. The molecule has 0 aliphatic carbocycles. The van der Waals surface area contributed by atoms with Crippen molar-refractivity contribution in [2.24, 2.45) is 0 Å². The lowest BCUT2D eigenvalue weighted by atomic mass is 10.1. The second kappa shape index (κ2) is 8.22. The summed E-state index contributed by atoms with van der Waals surface area (Å²) in [6.45, 7) is 3.84. The van der Waals surface area contributed by atoms with Gasteiger partial charge in [0.05, 0.1) is 16.3 Å². The number of para-hydroxylation sites is 1. The fourth-order valence-electron chi connectivity index (χ4n) is 3.40. The molecule has 0 spiro atoms. The fraction of sp³-hybridized carbons (Fsp3) is 0.227. The Balaban J connectivity index is 1.62. The Hall–Kier alpha value is -3.07. The Kier molecular flexibility index (Phi) is 5.62. The number of nitrogens with one attached hydrogen (secondary N) is 1. The lowest BCUT2D eigenvalue weighted by molar-refractivity contribution is -0.137. The third-order valence-corrected chi connectivity index (χ3v) is 6.25. The standard InChI is InChI=1S/C22H19F3N4OS/c1-3-18(20(30)26-15-8-6-7-14(12-15)22(23,24)25)31-21-28-27-19-11-13(2)16-9-4-5-10-17(16)29(19)21/h4-12,18H,3H2,1-2H3,(H,26,30). The Labute approximate surface area is 180 Å². The van der Waals surface area contributed by atoms with Crippen LogP contribution in [0.2, 0.25) is 0 Å². The van der Waals surface area contributed by atoms with Crippen molar-refractivity contribution < 1.29 is 18.0 Å². The molecule has 0 fully saturated rings. The molecule has 2 aromatic heterocycles. The molecule has 1 N–H and O–H groups in total. The van der Waals surface area contributed by atoms with Crippen LogP contribution in [0.1, 0.15) is 24.5 Å². The summed E-state index contributed by atoms with van der Waals surface area (Å²) in [7, 11) is 0. The van der Waals surface area contributed by atoms with E-state index < -0.39 is 17.0 Å². The predicted molar refractivity (Wildman–Crippen MR) is 115 cm³/mol. The van der Waals surface area contributed by atoms with Crippen LogP contribution in [0.15, 0.2) is 59.8 Å². The predicted octanol–water partition coefficient (Wildman–Crippen LogP) is 5.72. The van der Waals surface area contributed by atoms with Gasteiger partial charge in [-0.3, -0.25) is 9.20 Å². The first-order valence-corrected chi connectivity index (χ1v) is 10.5. The minimum atomic E-state index is -4.47.